The van der Waals surface area contributed by atoms with Crippen LogP contribution in [0.1, 0.15) is 65.2 Å². The van der Waals surface area contributed by atoms with Crippen molar-refractivity contribution >= 4 is 5.91 Å². The first-order valence-corrected chi connectivity index (χ1v) is 8.63. The van der Waals surface area contributed by atoms with E-state index in [1.165, 1.54) is 44.9 Å². The molecule has 3 nitrogen and oxygen atoms in total. The average molecular weight is 282 g/mol. The summed E-state index contributed by atoms with van der Waals surface area (Å²) in [6, 6.07) is 0. The van der Waals surface area contributed by atoms with Crippen molar-refractivity contribution in [2.24, 2.45) is 5.92 Å². The van der Waals surface area contributed by atoms with Gasteiger partial charge in [0.25, 0.3) is 0 Å². The molecule has 0 N–H and O–H groups in total. The molecular weight excluding hydrogens is 248 g/mol. The third-order valence-corrected chi connectivity index (χ3v) is 4.48. The Morgan fingerprint density at radius 2 is 1.65 bits per heavy atom. The van der Waals surface area contributed by atoms with Gasteiger partial charge in [-0.25, -0.2) is 0 Å². The second kappa shape index (κ2) is 10.2. The van der Waals surface area contributed by atoms with Gasteiger partial charge < -0.3 is 9.80 Å². The van der Waals surface area contributed by atoms with E-state index in [2.05, 4.69) is 30.7 Å². The molecule has 1 unspecified atom stereocenters. The zero-order valence-electron chi connectivity index (χ0n) is 13.9. The largest absolute Gasteiger partial charge is 0.340 e. The fourth-order valence-electron chi connectivity index (χ4n) is 3.05. The Kier molecular flexibility index (Phi) is 8.92. The number of unbranched alkanes of at least 4 members (excludes halogenated alkanes) is 3. The zero-order chi connectivity index (χ0) is 14.8. The molecule has 1 heterocycles. The Morgan fingerprint density at radius 3 is 2.25 bits per heavy atom. The van der Waals surface area contributed by atoms with Crippen LogP contribution >= 0.6 is 0 Å². The highest BCUT2D eigenvalue weighted by atomic mass is 16.2. The van der Waals surface area contributed by atoms with Crippen molar-refractivity contribution < 1.29 is 4.79 Å². The van der Waals surface area contributed by atoms with E-state index in [4.69, 9.17) is 0 Å². The molecule has 1 amide bonds. The molecule has 1 atom stereocenters. The summed E-state index contributed by atoms with van der Waals surface area (Å²) in [4.78, 5) is 16.8. The molecule has 0 aliphatic carbocycles. The molecule has 3 heteroatoms. The quantitative estimate of drug-likeness (QED) is 0.604. The topological polar surface area (TPSA) is 23.6 Å². The molecule has 20 heavy (non-hydrogen) atoms. The van der Waals surface area contributed by atoms with Crippen LogP contribution in [0, 0.1) is 5.92 Å². The smallest absolute Gasteiger partial charge is 0.222 e. The van der Waals surface area contributed by atoms with Crippen LogP contribution < -0.4 is 0 Å². The predicted octanol–water partition coefficient (Wildman–Crippen LogP) is 3.54. The molecule has 0 saturated carbocycles. The van der Waals surface area contributed by atoms with Gasteiger partial charge in [0.15, 0.2) is 0 Å². The second-order valence-electron chi connectivity index (χ2n) is 6.39. The molecule has 0 aromatic heterocycles. The highest BCUT2D eigenvalue weighted by molar-refractivity contribution is 5.76. The van der Waals surface area contributed by atoms with Crippen molar-refractivity contribution in [1.82, 2.24) is 9.80 Å². The minimum Gasteiger partial charge on any atom is -0.340 e. The third kappa shape index (κ3) is 6.74. The van der Waals surface area contributed by atoms with Gasteiger partial charge in [-0.3, -0.25) is 4.79 Å². The van der Waals surface area contributed by atoms with Gasteiger partial charge in [-0.2, -0.15) is 0 Å². The molecule has 1 rings (SSSR count). The van der Waals surface area contributed by atoms with Gasteiger partial charge in [0.1, 0.15) is 0 Å². The Morgan fingerprint density at radius 1 is 0.950 bits per heavy atom. The van der Waals surface area contributed by atoms with Crippen molar-refractivity contribution in [3.63, 3.8) is 0 Å². The van der Waals surface area contributed by atoms with E-state index in [9.17, 15) is 4.79 Å². The minimum absolute atomic E-state index is 0.395. The lowest BCUT2D eigenvalue weighted by Crippen LogP contribution is -2.47. The first-order chi connectivity index (χ1) is 9.67. The van der Waals surface area contributed by atoms with Crippen molar-refractivity contribution in [2.45, 2.75) is 65.2 Å². The lowest BCUT2D eigenvalue weighted by Gasteiger charge is -2.33. The fourth-order valence-corrected chi connectivity index (χ4v) is 3.05. The van der Waals surface area contributed by atoms with Gasteiger partial charge >= 0.3 is 0 Å². The minimum atomic E-state index is 0.395. The Bertz CT molecular complexity index is 260. The average Bonchev–Trinajstić information content (AvgIpc) is 2.44. The molecule has 1 fully saturated rings. The highest BCUT2D eigenvalue weighted by Crippen LogP contribution is 2.21. The lowest BCUT2D eigenvalue weighted by molar-refractivity contribution is -0.133. The van der Waals surface area contributed by atoms with Crippen LogP contribution in [0.3, 0.4) is 0 Å². The monoisotopic (exact) mass is 282 g/mol. The summed E-state index contributed by atoms with van der Waals surface area (Å²) in [5.74, 6) is 1.01. The predicted molar refractivity (Wildman–Crippen MR) is 85.9 cm³/mol. The molecule has 0 aromatic rings. The summed E-state index contributed by atoms with van der Waals surface area (Å²) in [6.45, 7) is 8.38. The standard InChI is InChI=1S/C17H34N2O/c1-4-6-7-8-10-16(9-5-2)15-17(20)19-13-11-18(3)12-14-19/h16H,4-15H2,1-3H3. The number of amides is 1. The summed E-state index contributed by atoms with van der Waals surface area (Å²) in [5, 5.41) is 0. The van der Waals surface area contributed by atoms with Gasteiger partial charge in [-0.1, -0.05) is 52.4 Å². The Labute approximate surface area is 125 Å². The maximum Gasteiger partial charge on any atom is 0.222 e. The summed E-state index contributed by atoms with van der Waals surface area (Å²) < 4.78 is 0. The number of carbonyl (C=O) groups excluding carboxylic acids is 1. The number of likely N-dealkylation sites (N-methyl/N-ethyl adjacent to an activating group) is 1. The van der Waals surface area contributed by atoms with Crippen LogP contribution in [-0.4, -0.2) is 48.9 Å². The molecule has 118 valence electrons. The number of nitrogens with zero attached hydrogens (tertiary/aromatic N) is 2. The Balaban J connectivity index is 2.30. The van der Waals surface area contributed by atoms with Crippen LogP contribution in [0.15, 0.2) is 0 Å². The number of hydrogen-bond donors (Lipinski definition) is 0. The maximum atomic E-state index is 12.4. The second-order valence-corrected chi connectivity index (χ2v) is 6.39. The summed E-state index contributed by atoms with van der Waals surface area (Å²) >= 11 is 0. The summed E-state index contributed by atoms with van der Waals surface area (Å²) in [7, 11) is 2.13. The van der Waals surface area contributed by atoms with Crippen LogP contribution in [0.2, 0.25) is 0 Å². The normalized spacial score (nSPS) is 18.2. The fraction of sp³-hybridized carbons (Fsp3) is 0.941. The molecule has 0 bridgehead atoms. The van der Waals surface area contributed by atoms with Crippen molar-refractivity contribution in [3.05, 3.63) is 0 Å². The van der Waals surface area contributed by atoms with E-state index in [0.29, 0.717) is 11.8 Å². The summed E-state index contributed by atoms with van der Waals surface area (Å²) in [6.07, 6.45) is 9.70. The van der Waals surface area contributed by atoms with Gasteiger partial charge in [-0.05, 0) is 19.4 Å². The van der Waals surface area contributed by atoms with E-state index >= 15 is 0 Å². The maximum absolute atomic E-state index is 12.4. The highest BCUT2D eigenvalue weighted by Gasteiger charge is 2.21. The molecule has 1 saturated heterocycles. The lowest BCUT2D eigenvalue weighted by atomic mass is 9.92. The number of piperazine rings is 1. The third-order valence-electron chi connectivity index (χ3n) is 4.48. The van der Waals surface area contributed by atoms with Crippen LogP contribution in [0.5, 0.6) is 0 Å². The van der Waals surface area contributed by atoms with Crippen molar-refractivity contribution in [1.29, 1.82) is 0 Å². The van der Waals surface area contributed by atoms with Gasteiger partial charge in [0.2, 0.25) is 5.91 Å². The molecular formula is C17H34N2O. The molecule has 1 aliphatic heterocycles. The van der Waals surface area contributed by atoms with Crippen LogP contribution in [0.4, 0.5) is 0 Å². The van der Waals surface area contributed by atoms with Gasteiger partial charge in [-0.15, -0.1) is 0 Å². The first kappa shape index (κ1) is 17.5. The van der Waals surface area contributed by atoms with Crippen molar-refractivity contribution in [2.75, 3.05) is 33.2 Å². The van der Waals surface area contributed by atoms with Gasteiger partial charge in [0.05, 0.1) is 0 Å². The van der Waals surface area contributed by atoms with Crippen LogP contribution in [0.25, 0.3) is 0 Å². The van der Waals surface area contributed by atoms with E-state index < -0.39 is 0 Å². The SMILES string of the molecule is CCCCCCC(CCC)CC(=O)N1CCN(C)CC1. The van der Waals surface area contributed by atoms with E-state index in [1.54, 1.807) is 0 Å². The number of rotatable bonds is 9. The zero-order valence-corrected chi connectivity index (χ0v) is 13.9. The van der Waals surface area contributed by atoms with Gasteiger partial charge in [0, 0.05) is 32.6 Å². The van der Waals surface area contributed by atoms with E-state index in [-0.39, 0.29) is 0 Å². The molecule has 0 radical (unpaired) electrons. The van der Waals surface area contributed by atoms with E-state index in [0.717, 1.165) is 32.6 Å². The van der Waals surface area contributed by atoms with E-state index in [1.807, 2.05) is 0 Å². The van der Waals surface area contributed by atoms with Crippen molar-refractivity contribution in [3.8, 4) is 0 Å². The number of hydrogen-bond acceptors (Lipinski definition) is 2. The molecule has 0 aromatic carbocycles. The molecule has 0 spiro atoms. The summed E-state index contributed by atoms with van der Waals surface area (Å²) in [5.41, 5.74) is 0. The number of carbonyl (C=O) groups is 1. The Hall–Kier alpha value is -0.570. The first-order valence-electron chi connectivity index (χ1n) is 8.63. The molecule has 1 aliphatic rings. The van der Waals surface area contributed by atoms with Crippen LogP contribution in [-0.2, 0) is 4.79 Å².